The molecule has 1 heterocycles. The van der Waals surface area contributed by atoms with Crippen LogP contribution >= 0.6 is 0 Å². The van der Waals surface area contributed by atoms with Gasteiger partial charge < -0.3 is 4.84 Å². The summed E-state index contributed by atoms with van der Waals surface area (Å²) in [4.78, 5) is 39.9. The highest BCUT2D eigenvalue weighted by Crippen LogP contribution is 2.23. The SMILES string of the molecule is O=C(CS(=O)(=O)c1ccccc1F)ON1C(=O)c2ccccc2C1=O. The molecule has 0 saturated heterocycles. The molecule has 9 heteroatoms. The van der Waals surface area contributed by atoms with Gasteiger partial charge in [0.2, 0.25) is 0 Å². The second-order valence-electron chi connectivity index (χ2n) is 5.10. The minimum atomic E-state index is -4.33. The van der Waals surface area contributed by atoms with Gasteiger partial charge in [0.25, 0.3) is 11.8 Å². The smallest absolute Gasteiger partial charge is 0.329 e. The second-order valence-corrected chi connectivity index (χ2v) is 7.06. The van der Waals surface area contributed by atoms with E-state index in [1.807, 2.05) is 0 Å². The Hall–Kier alpha value is -3.07. The second kappa shape index (κ2) is 6.10. The molecule has 0 aliphatic carbocycles. The van der Waals surface area contributed by atoms with Crippen LogP contribution in [0.3, 0.4) is 0 Å². The van der Waals surface area contributed by atoms with Crippen LogP contribution < -0.4 is 0 Å². The number of benzene rings is 2. The van der Waals surface area contributed by atoms with Crippen LogP contribution in [0.4, 0.5) is 4.39 Å². The molecule has 0 aromatic heterocycles. The molecule has 0 saturated carbocycles. The summed E-state index contributed by atoms with van der Waals surface area (Å²) >= 11 is 0. The van der Waals surface area contributed by atoms with Gasteiger partial charge in [-0.3, -0.25) is 9.59 Å². The predicted octanol–water partition coefficient (Wildman–Crippen LogP) is 1.35. The molecule has 2 aromatic carbocycles. The molecule has 1 aliphatic rings. The molecule has 2 amide bonds. The average Bonchev–Trinajstić information content (AvgIpc) is 2.80. The minimum Gasteiger partial charge on any atom is -0.329 e. The first kappa shape index (κ1) is 16.8. The zero-order chi connectivity index (χ0) is 18.2. The fourth-order valence-electron chi connectivity index (χ4n) is 2.31. The summed E-state index contributed by atoms with van der Waals surface area (Å²) in [7, 11) is -4.33. The van der Waals surface area contributed by atoms with E-state index in [0.29, 0.717) is 0 Å². The molecule has 2 aromatic rings. The van der Waals surface area contributed by atoms with Crippen LogP contribution in [0.2, 0.25) is 0 Å². The number of amides is 2. The van der Waals surface area contributed by atoms with Gasteiger partial charge in [0.1, 0.15) is 10.7 Å². The Morgan fingerprint density at radius 2 is 1.48 bits per heavy atom. The maximum atomic E-state index is 13.6. The fraction of sp³-hybridized carbons (Fsp3) is 0.0625. The van der Waals surface area contributed by atoms with E-state index < -0.39 is 44.1 Å². The van der Waals surface area contributed by atoms with Gasteiger partial charge >= 0.3 is 5.97 Å². The van der Waals surface area contributed by atoms with Gasteiger partial charge in [-0.15, -0.1) is 0 Å². The van der Waals surface area contributed by atoms with E-state index in [4.69, 9.17) is 0 Å². The number of fused-ring (bicyclic) bond motifs is 1. The van der Waals surface area contributed by atoms with Crippen molar-refractivity contribution < 1.29 is 32.0 Å². The Morgan fingerprint density at radius 3 is 2.04 bits per heavy atom. The normalized spacial score (nSPS) is 13.7. The molecule has 0 fully saturated rings. The van der Waals surface area contributed by atoms with Crippen molar-refractivity contribution in [3.8, 4) is 0 Å². The number of halogens is 1. The summed E-state index contributed by atoms with van der Waals surface area (Å²) in [5.74, 6) is -5.37. The molecule has 7 nitrogen and oxygen atoms in total. The predicted molar refractivity (Wildman–Crippen MR) is 81.5 cm³/mol. The first-order chi connectivity index (χ1) is 11.8. The molecule has 1 aliphatic heterocycles. The van der Waals surface area contributed by atoms with Crippen molar-refractivity contribution in [2.45, 2.75) is 4.90 Å². The van der Waals surface area contributed by atoms with Crippen molar-refractivity contribution in [3.63, 3.8) is 0 Å². The van der Waals surface area contributed by atoms with E-state index in [-0.39, 0.29) is 16.2 Å². The molecule has 25 heavy (non-hydrogen) atoms. The third-order valence-electron chi connectivity index (χ3n) is 3.43. The minimum absolute atomic E-state index is 0.0391. The Labute approximate surface area is 141 Å². The summed E-state index contributed by atoms with van der Waals surface area (Å²) in [6, 6.07) is 10.3. The van der Waals surface area contributed by atoms with Gasteiger partial charge in [-0.05, 0) is 24.3 Å². The maximum absolute atomic E-state index is 13.6. The van der Waals surface area contributed by atoms with Gasteiger partial charge in [-0.2, -0.15) is 0 Å². The van der Waals surface area contributed by atoms with Crippen LogP contribution in [0.1, 0.15) is 20.7 Å². The Bertz CT molecular complexity index is 966. The van der Waals surface area contributed by atoms with E-state index in [0.717, 1.165) is 12.1 Å². The monoisotopic (exact) mass is 363 g/mol. The Kier molecular flexibility index (Phi) is 4.09. The lowest BCUT2D eigenvalue weighted by molar-refractivity contribution is -0.165. The lowest BCUT2D eigenvalue weighted by Crippen LogP contribution is -2.35. The number of carbonyl (C=O) groups excluding carboxylic acids is 3. The topological polar surface area (TPSA) is 97.8 Å². The first-order valence-corrected chi connectivity index (χ1v) is 8.62. The van der Waals surface area contributed by atoms with E-state index in [1.54, 1.807) is 0 Å². The molecule has 0 bridgehead atoms. The Morgan fingerprint density at radius 1 is 0.960 bits per heavy atom. The van der Waals surface area contributed by atoms with E-state index in [2.05, 4.69) is 4.84 Å². The number of hydroxylamine groups is 2. The molecular formula is C16H10FNO6S. The van der Waals surface area contributed by atoms with Crippen LogP contribution in [-0.2, 0) is 19.5 Å². The first-order valence-electron chi connectivity index (χ1n) is 6.97. The highest BCUT2D eigenvalue weighted by Gasteiger charge is 2.39. The number of carbonyl (C=O) groups is 3. The number of sulfone groups is 1. The average molecular weight is 363 g/mol. The maximum Gasteiger partial charge on any atom is 0.348 e. The molecule has 0 N–H and O–H groups in total. The summed E-state index contributed by atoms with van der Waals surface area (Å²) in [6.07, 6.45) is 0. The van der Waals surface area contributed by atoms with Crippen molar-refractivity contribution in [2.75, 3.05) is 5.75 Å². The van der Waals surface area contributed by atoms with E-state index >= 15 is 0 Å². The molecular weight excluding hydrogens is 353 g/mol. The van der Waals surface area contributed by atoms with Gasteiger partial charge in [0.15, 0.2) is 15.6 Å². The third-order valence-corrected chi connectivity index (χ3v) is 5.05. The zero-order valence-corrected chi connectivity index (χ0v) is 13.3. The van der Waals surface area contributed by atoms with Crippen LogP contribution in [0, 0.1) is 5.82 Å². The fourth-order valence-corrected chi connectivity index (χ4v) is 3.48. The van der Waals surface area contributed by atoms with Gasteiger partial charge in [-0.25, -0.2) is 17.6 Å². The molecule has 0 atom stereocenters. The number of rotatable bonds is 4. The molecule has 0 radical (unpaired) electrons. The van der Waals surface area contributed by atoms with Crippen molar-refractivity contribution >= 4 is 27.6 Å². The highest BCUT2D eigenvalue weighted by atomic mass is 32.2. The molecule has 3 rings (SSSR count). The summed E-state index contributed by atoms with van der Waals surface area (Å²) in [5.41, 5.74) is 0.0783. The molecule has 0 unspecified atom stereocenters. The van der Waals surface area contributed by atoms with Crippen LogP contribution in [0.25, 0.3) is 0 Å². The van der Waals surface area contributed by atoms with Crippen LogP contribution in [-0.4, -0.2) is 37.0 Å². The van der Waals surface area contributed by atoms with E-state index in [9.17, 15) is 27.2 Å². The zero-order valence-electron chi connectivity index (χ0n) is 12.5. The molecule has 128 valence electrons. The standard InChI is InChI=1S/C16H10FNO6S/c17-12-7-3-4-8-13(12)25(22,23)9-14(19)24-18-15(20)10-5-1-2-6-11(10)16(18)21/h1-8H,9H2. The summed E-state index contributed by atoms with van der Waals surface area (Å²) in [6.45, 7) is 0. The van der Waals surface area contributed by atoms with Gasteiger partial charge in [-0.1, -0.05) is 29.3 Å². The lowest BCUT2D eigenvalue weighted by Gasteiger charge is -2.13. The van der Waals surface area contributed by atoms with Crippen molar-refractivity contribution in [1.82, 2.24) is 5.06 Å². The number of imide groups is 1. The van der Waals surface area contributed by atoms with Gasteiger partial charge in [0, 0.05) is 0 Å². The van der Waals surface area contributed by atoms with Gasteiger partial charge in [0.05, 0.1) is 11.1 Å². The number of nitrogens with zero attached hydrogens (tertiary/aromatic N) is 1. The third kappa shape index (κ3) is 3.01. The molecule has 0 spiro atoms. The van der Waals surface area contributed by atoms with Crippen LogP contribution in [0.5, 0.6) is 0 Å². The quantitative estimate of drug-likeness (QED) is 0.761. The highest BCUT2D eigenvalue weighted by molar-refractivity contribution is 7.92. The van der Waals surface area contributed by atoms with Crippen molar-refractivity contribution in [2.24, 2.45) is 0 Å². The summed E-state index contributed by atoms with van der Waals surface area (Å²) < 4.78 is 37.8. The number of hydrogen-bond donors (Lipinski definition) is 0. The number of hydrogen-bond acceptors (Lipinski definition) is 6. The van der Waals surface area contributed by atoms with Crippen molar-refractivity contribution in [3.05, 3.63) is 65.5 Å². The Balaban J connectivity index is 1.77. The lowest BCUT2D eigenvalue weighted by atomic mass is 10.1. The van der Waals surface area contributed by atoms with E-state index in [1.165, 1.54) is 36.4 Å². The largest absolute Gasteiger partial charge is 0.348 e. The summed E-state index contributed by atoms with van der Waals surface area (Å²) in [5, 5.41) is 0.198. The van der Waals surface area contributed by atoms with Crippen LogP contribution in [0.15, 0.2) is 53.4 Å². The van der Waals surface area contributed by atoms with Crippen molar-refractivity contribution in [1.29, 1.82) is 0 Å².